The fourth-order valence-electron chi connectivity index (χ4n) is 2.63. The molecule has 0 saturated carbocycles. The summed E-state index contributed by atoms with van der Waals surface area (Å²) in [5.74, 6) is -0.240. The van der Waals surface area contributed by atoms with Crippen LogP contribution in [0.15, 0.2) is 29.2 Å². The number of nitrogens with one attached hydrogen (secondary N) is 2. The molecule has 2 fully saturated rings. The van der Waals surface area contributed by atoms with Gasteiger partial charge in [0, 0.05) is 25.3 Å². The standard InChI is InChI=1S/C15H21N3O5S.ClH/c19-15(14-11-23-7-4-16-14)17-12-2-1-3-13(10-12)24(20,21)18-5-8-22-9-6-18;/h1-3,10,14,16H,4-9,11H2,(H,17,19);1H. The topological polar surface area (TPSA) is 97.0 Å². The first kappa shape index (κ1) is 20.1. The minimum Gasteiger partial charge on any atom is -0.379 e. The second kappa shape index (κ2) is 8.93. The van der Waals surface area contributed by atoms with Crippen molar-refractivity contribution in [1.82, 2.24) is 9.62 Å². The van der Waals surface area contributed by atoms with Crippen molar-refractivity contribution < 1.29 is 22.7 Å². The Bertz CT molecular complexity index is 688. The van der Waals surface area contributed by atoms with Crippen molar-refractivity contribution >= 4 is 34.0 Å². The predicted octanol–water partition coefficient (Wildman–Crippen LogP) is 0.0562. The van der Waals surface area contributed by atoms with Gasteiger partial charge in [-0.1, -0.05) is 6.07 Å². The zero-order valence-corrected chi connectivity index (χ0v) is 15.3. The summed E-state index contributed by atoms with van der Waals surface area (Å²) in [6.45, 7) is 2.95. The average molecular weight is 392 g/mol. The van der Waals surface area contributed by atoms with Crippen molar-refractivity contribution in [1.29, 1.82) is 0 Å². The molecular weight excluding hydrogens is 370 g/mol. The number of benzene rings is 1. The molecule has 0 aliphatic carbocycles. The normalized spacial score (nSPS) is 22.0. The number of nitrogens with zero attached hydrogens (tertiary/aromatic N) is 1. The monoisotopic (exact) mass is 391 g/mol. The Kier molecular flexibility index (Phi) is 7.17. The zero-order valence-electron chi connectivity index (χ0n) is 13.6. The van der Waals surface area contributed by atoms with Crippen LogP contribution in [0.5, 0.6) is 0 Å². The van der Waals surface area contributed by atoms with Crippen molar-refractivity contribution in [3.05, 3.63) is 24.3 Å². The Morgan fingerprint density at radius 2 is 1.96 bits per heavy atom. The second-order valence-corrected chi connectivity index (χ2v) is 7.55. The van der Waals surface area contributed by atoms with Crippen LogP contribution in [0.2, 0.25) is 0 Å². The number of carbonyl (C=O) groups excluding carboxylic acids is 1. The van der Waals surface area contributed by atoms with Crippen molar-refractivity contribution in [2.45, 2.75) is 10.9 Å². The number of ether oxygens (including phenoxy) is 2. The van der Waals surface area contributed by atoms with Crippen LogP contribution >= 0.6 is 12.4 Å². The van der Waals surface area contributed by atoms with Gasteiger partial charge in [-0.2, -0.15) is 4.31 Å². The van der Waals surface area contributed by atoms with E-state index in [-0.39, 0.29) is 23.2 Å². The number of hydrogen-bond acceptors (Lipinski definition) is 6. The van der Waals surface area contributed by atoms with Crippen LogP contribution in [0.25, 0.3) is 0 Å². The number of halogens is 1. The smallest absolute Gasteiger partial charge is 0.243 e. The van der Waals surface area contributed by atoms with Crippen LogP contribution in [0.3, 0.4) is 0 Å². The number of morpholine rings is 2. The van der Waals surface area contributed by atoms with Crippen LogP contribution < -0.4 is 10.6 Å². The van der Waals surface area contributed by atoms with Gasteiger partial charge >= 0.3 is 0 Å². The average Bonchev–Trinajstić information content (AvgIpc) is 2.63. The van der Waals surface area contributed by atoms with E-state index in [2.05, 4.69) is 10.6 Å². The van der Waals surface area contributed by atoms with E-state index in [0.717, 1.165) is 0 Å². The van der Waals surface area contributed by atoms with Gasteiger partial charge in [-0.15, -0.1) is 12.4 Å². The van der Waals surface area contributed by atoms with Gasteiger partial charge in [-0.3, -0.25) is 4.79 Å². The maximum absolute atomic E-state index is 12.7. The first-order valence-corrected chi connectivity index (χ1v) is 9.31. The Hall–Kier alpha value is -1.23. The molecule has 8 nitrogen and oxygen atoms in total. The largest absolute Gasteiger partial charge is 0.379 e. The minimum absolute atomic E-state index is 0. The summed E-state index contributed by atoms with van der Waals surface area (Å²) in [6, 6.07) is 5.86. The summed E-state index contributed by atoms with van der Waals surface area (Å²) >= 11 is 0. The lowest BCUT2D eigenvalue weighted by Crippen LogP contribution is -2.48. The molecule has 1 unspecified atom stereocenters. The first-order valence-electron chi connectivity index (χ1n) is 7.87. The number of sulfonamides is 1. The van der Waals surface area contributed by atoms with Gasteiger partial charge in [0.25, 0.3) is 0 Å². The Morgan fingerprint density at radius 3 is 2.64 bits per heavy atom. The Balaban J connectivity index is 0.00000225. The van der Waals surface area contributed by atoms with Gasteiger partial charge in [-0.25, -0.2) is 8.42 Å². The fraction of sp³-hybridized carbons (Fsp3) is 0.533. The van der Waals surface area contributed by atoms with Gasteiger partial charge < -0.3 is 20.1 Å². The molecule has 1 amide bonds. The van der Waals surface area contributed by atoms with Gasteiger partial charge in [0.15, 0.2) is 0 Å². The molecule has 3 rings (SSSR count). The van der Waals surface area contributed by atoms with Crippen LogP contribution in [0.4, 0.5) is 5.69 Å². The SMILES string of the molecule is Cl.O=C(Nc1cccc(S(=O)(=O)N2CCOCC2)c1)C1COCCN1. The third-order valence-electron chi connectivity index (χ3n) is 3.95. The maximum Gasteiger partial charge on any atom is 0.243 e. The number of hydrogen-bond donors (Lipinski definition) is 2. The van der Waals surface area contributed by atoms with Crippen molar-refractivity contribution in [3.8, 4) is 0 Å². The molecule has 2 saturated heterocycles. The van der Waals surface area contributed by atoms with Gasteiger partial charge in [0.2, 0.25) is 15.9 Å². The highest BCUT2D eigenvalue weighted by atomic mass is 35.5. The van der Waals surface area contributed by atoms with E-state index in [1.165, 1.54) is 16.4 Å². The fourth-order valence-corrected chi connectivity index (χ4v) is 4.09. The maximum atomic E-state index is 12.7. The predicted molar refractivity (Wildman–Crippen MR) is 94.5 cm³/mol. The first-order chi connectivity index (χ1) is 11.6. The molecule has 0 spiro atoms. The number of carbonyl (C=O) groups is 1. The minimum atomic E-state index is -3.58. The number of amides is 1. The molecular formula is C15H22ClN3O5S. The molecule has 2 aliphatic rings. The van der Waals surface area contributed by atoms with E-state index >= 15 is 0 Å². The van der Waals surface area contributed by atoms with Crippen molar-refractivity contribution in [2.75, 3.05) is 51.4 Å². The highest BCUT2D eigenvalue weighted by Gasteiger charge is 2.27. The quantitative estimate of drug-likeness (QED) is 0.753. The van der Waals surface area contributed by atoms with Crippen LogP contribution in [-0.4, -0.2) is 70.7 Å². The number of rotatable bonds is 4. The van der Waals surface area contributed by atoms with E-state index in [1.807, 2.05) is 0 Å². The molecule has 10 heteroatoms. The summed E-state index contributed by atoms with van der Waals surface area (Å²) in [7, 11) is -3.58. The number of anilines is 1. The third-order valence-corrected chi connectivity index (χ3v) is 5.84. The molecule has 0 aromatic heterocycles. The highest BCUT2D eigenvalue weighted by Crippen LogP contribution is 2.20. The summed E-state index contributed by atoms with van der Waals surface area (Å²) in [5.41, 5.74) is 0.446. The van der Waals surface area contributed by atoms with E-state index in [1.54, 1.807) is 12.1 Å². The zero-order chi connectivity index (χ0) is 17.0. The molecule has 1 atom stereocenters. The Labute approximate surface area is 153 Å². The summed E-state index contributed by atoms with van der Waals surface area (Å²) in [6.07, 6.45) is 0. The lowest BCUT2D eigenvalue weighted by molar-refractivity contribution is -0.120. The lowest BCUT2D eigenvalue weighted by atomic mass is 10.2. The molecule has 0 bridgehead atoms. The lowest BCUT2D eigenvalue weighted by Gasteiger charge is -2.26. The van der Waals surface area contributed by atoms with E-state index in [4.69, 9.17) is 9.47 Å². The van der Waals surface area contributed by atoms with Gasteiger partial charge in [0.05, 0.1) is 31.3 Å². The van der Waals surface area contributed by atoms with Crippen LogP contribution in [0, 0.1) is 0 Å². The van der Waals surface area contributed by atoms with E-state index in [9.17, 15) is 13.2 Å². The molecule has 0 radical (unpaired) electrons. The molecule has 1 aromatic carbocycles. The molecule has 2 aliphatic heterocycles. The van der Waals surface area contributed by atoms with Gasteiger partial charge in [0.1, 0.15) is 6.04 Å². The van der Waals surface area contributed by atoms with Crippen LogP contribution in [0.1, 0.15) is 0 Å². The highest BCUT2D eigenvalue weighted by molar-refractivity contribution is 7.89. The van der Waals surface area contributed by atoms with Gasteiger partial charge in [-0.05, 0) is 18.2 Å². The van der Waals surface area contributed by atoms with Crippen molar-refractivity contribution in [2.24, 2.45) is 0 Å². The molecule has 25 heavy (non-hydrogen) atoms. The van der Waals surface area contributed by atoms with Crippen molar-refractivity contribution in [3.63, 3.8) is 0 Å². The summed E-state index contributed by atoms with van der Waals surface area (Å²) in [5, 5.41) is 5.80. The molecule has 2 heterocycles. The van der Waals surface area contributed by atoms with E-state index in [0.29, 0.717) is 51.7 Å². The third kappa shape index (κ3) is 4.90. The molecule has 1 aromatic rings. The summed E-state index contributed by atoms with van der Waals surface area (Å²) in [4.78, 5) is 12.4. The Morgan fingerprint density at radius 1 is 1.20 bits per heavy atom. The second-order valence-electron chi connectivity index (χ2n) is 5.62. The molecule has 140 valence electrons. The van der Waals surface area contributed by atoms with Crippen LogP contribution in [-0.2, 0) is 24.3 Å². The van der Waals surface area contributed by atoms with E-state index < -0.39 is 16.1 Å². The molecule has 2 N–H and O–H groups in total. The summed E-state index contributed by atoms with van der Waals surface area (Å²) < 4.78 is 37.2.